The van der Waals surface area contributed by atoms with E-state index < -0.39 is 0 Å². The van der Waals surface area contributed by atoms with Crippen LogP contribution in [0.15, 0.2) is 84.5 Å². The first kappa shape index (κ1) is 18.4. The summed E-state index contributed by atoms with van der Waals surface area (Å²) in [7, 11) is 0. The van der Waals surface area contributed by atoms with Gasteiger partial charge in [-0.25, -0.2) is 0 Å². The standard InChI is InChI=1S/C30H26N/c1-29(2)25-11-7-5-9-21(25)23-15-13-19(17-27(23)29)31-20-14-16-24-22-10-6-8-12-26(22)30(3,4)28(24)18-20/h5-7,9-18,31H,1-4H3/q+1. The summed E-state index contributed by atoms with van der Waals surface area (Å²) in [5.74, 6) is 0. The molecule has 31 heavy (non-hydrogen) atoms. The van der Waals surface area contributed by atoms with Crippen LogP contribution in [-0.2, 0) is 10.8 Å². The Balaban J connectivity index is 1.37. The molecule has 150 valence electrons. The third kappa shape index (κ3) is 2.48. The van der Waals surface area contributed by atoms with Gasteiger partial charge in [-0.2, -0.15) is 0 Å². The Labute approximate surface area is 184 Å². The number of nitrogens with one attached hydrogen (secondary N) is 1. The van der Waals surface area contributed by atoms with E-state index >= 15 is 0 Å². The van der Waals surface area contributed by atoms with Gasteiger partial charge >= 0.3 is 0 Å². The fourth-order valence-corrected chi connectivity index (χ4v) is 5.65. The largest absolute Gasteiger partial charge is 0.356 e. The third-order valence-electron chi connectivity index (χ3n) is 7.39. The number of hydrogen-bond acceptors (Lipinski definition) is 1. The van der Waals surface area contributed by atoms with Crippen LogP contribution in [-0.4, -0.2) is 0 Å². The lowest BCUT2D eigenvalue weighted by molar-refractivity contribution is 0.654. The molecule has 6 rings (SSSR count). The van der Waals surface area contributed by atoms with Gasteiger partial charge in [0.2, 0.25) is 0 Å². The third-order valence-corrected chi connectivity index (χ3v) is 7.39. The molecule has 0 saturated carbocycles. The van der Waals surface area contributed by atoms with E-state index in [0.29, 0.717) is 0 Å². The molecule has 0 atom stereocenters. The van der Waals surface area contributed by atoms with Crippen molar-refractivity contribution in [2.75, 3.05) is 5.32 Å². The topological polar surface area (TPSA) is 12.0 Å². The zero-order chi connectivity index (χ0) is 21.4. The second-order valence-electron chi connectivity index (χ2n) is 9.91. The van der Waals surface area contributed by atoms with Crippen molar-refractivity contribution in [3.63, 3.8) is 0 Å². The Morgan fingerprint density at radius 1 is 0.677 bits per heavy atom. The molecule has 3 aliphatic carbocycles. The van der Waals surface area contributed by atoms with E-state index in [0.717, 1.165) is 11.4 Å². The molecular weight excluding hydrogens is 374 g/mol. The molecule has 0 amide bonds. The van der Waals surface area contributed by atoms with Crippen LogP contribution >= 0.6 is 0 Å². The molecule has 1 N–H and O–H groups in total. The number of rotatable bonds is 2. The minimum atomic E-state index is -0.0122. The molecule has 0 heterocycles. The lowest BCUT2D eigenvalue weighted by Crippen LogP contribution is -2.16. The second kappa shape index (κ2) is 6.06. The summed E-state index contributed by atoms with van der Waals surface area (Å²) in [5.41, 5.74) is 13.2. The van der Waals surface area contributed by atoms with E-state index in [-0.39, 0.29) is 10.8 Å². The Hall–Kier alpha value is -3.41. The number of benzene rings is 3. The maximum atomic E-state index is 3.68. The molecule has 0 unspecified atom stereocenters. The van der Waals surface area contributed by atoms with E-state index in [9.17, 15) is 0 Å². The summed E-state index contributed by atoms with van der Waals surface area (Å²) < 4.78 is 0. The zero-order valence-corrected chi connectivity index (χ0v) is 18.5. The number of anilines is 2. The predicted molar refractivity (Wildman–Crippen MR) is 131 cm³/mol. The Morgan fingerprint density at radius 2 is 1.32 bits per heavy atom. The first-order valence-electron chi connectivity index (χ1n) is 11.0. The zero-order valence-electron chi connectivity index (χ0n) is 18.5. The Bertz CT molecular complexity index is 1340. The van der Waals surface area contributed by atoms with Gasteiger partial charge in [0.05, 0.1) is 22.6 Å². The summed E-state index contributed by atoms with van der Waals surface area (Å²) in [5, 5.41) is 3.68. The van der Waals surface area contributed by atoms with Crippen molar-refractivity contribution in [2.45, 2.75) is 38.5 Å². The van der Waals surface area contributed by atoms with Gasteiger partial charge in [-0.1, -0.05) is 44.2 Å². The number of fused-ring (bicyclic) bond motifs is 5. The quantitative estimate of drug-likeness (QED) is 0.434. The smallest absolute Gasteiger partial charge is 0.107 e. The molecule has 1 nitrogen and oxygen atoms in total. The van der Waals surface area contributed by atoms with Crippen molar-refractivity contribution < 1.29 is 0 Å². The Kier molecular flexibility index (Phi) is 3.59. The molecule has 3 aliphatic rings. The highest BCUT2D eigenvalue weighted by atomic mass is 14.9. The van der Waals surface area contributed by atoms with Crippen molar-refractivity contribution >= 4 is 16.9 Å². The number of hydrogen-bond donors (Lipinski definition) is 1. The second-order valence-corrected chi connectivity index (χ2v) is 9.91. The molecule has 0 saturated heterocycles. The highest BCUT2D eigenvalue weighted by Gasteiger charge is 2.42. The van der Waals surface area contributed by atoms with Gasteiger partial charge in [-0.05, 0) is 72.0 Å². The fourth-order valence-electron chi connectivity index (χ4n) is 5.65. The number of allylic oxidation sites excluding steroid dienone is 6. The van der Waals surface area contributed by atoms with Gasteiger partial charge in [0.15, 0.2) is 0 Å². The Morgan fingerprint density at radius 3 is 2.10 bits per heavy atom. The van der Waals surface area contributed by atoms with Crippen molar-refractivity contribution in [1.29, 1.82) is 0 Å². The first-order valence-corrected chi connectivity index (χ1v) is 11.0. The van der Waals surface area contributed by atoms with Gasteiger partial charge in [-0.3, -0.25) is 0 Å². The van der Waals surface area contributed by atoms with Gasteiger partial charge in [-0.15, -0.1) is 0 Å². The SMILES string of the molecule is CC1(C)C2=C(C=C[C+]=C2)c2ccc(Nc3ccc4c(c3)C(C)(C)c3ccccc3-4)cc21. The first-order chi connectivity index (χ1) is 14.9. The summed E-state index contributed by atoms with van der Waals surface area (Å²) in [6, 6.07) is 22.4. The molecular formula is C30H26N+. The molecule has 0 radical (unpaired) electrons. The molecule has 3 aromatic carbocycles. The monoisotopic (exact) mass is 400 g/mol. The van der Waals surface area contributed by atoms with Crippen LogP contribution in [0.4, 0.5) is 11.4 Å². The summed E-state index contributed by atoms with van der Waals surface area (Å²) >= 11 is 0. The van der Waals surface area contributed by atoms with Gasteiger partial charge in [0.1, 0.15) is 12.2 Å². The molecule has 0 bridgehead atoms. The highest BCUT2D eigenvalue weighted by molar-refractivity contribution is 5.90. The molecule has 0 aliphatic heterocycles. The average molecular weight is 401 g/mol. The van der Waals surface area contributed by atoms with E-state index in [4.69, 9.17) is 0 Å². The highest BCUT2D eigenvalue weighted by Crippen LogP contribution is 2.51. The average Bonchev–Trinajstić information content (AvgIpc) is 3.14. The van der Waals surface area contributed by atoms with E-state index in [1.165, 1.54) is 44.5 Å². The minimum Gasteiger partial charge on any atom is -0.356 e. The molecule has 3 aromatic rings. The predicted octanol–water partition coefficient (Wildman–Crippen LogP) is 7.71. The molecule has 0 spiro atoms. The fraction of sp³-hybridized carbons (Fsp3) is 0.200. The van der Waals surface area contributed by atoms with Crippen LogP contribution in [0.25, 0.3) is 16.7 Å². The van der Waals surface area contributed by atoms with Crippen molar-refractivity contribution in [3.8, 4) is 11.1 Å². The van der Waals surface area contributed by atoms with E-state index in [1.54, 1.807) is 0 Å². The lowest BCUT2D eigenvalue weighted by Gasteiger charge is -2.22. The van der Waals surface area contributed by atoms with Crippen LogP contribution in [0.2, 0.25) is 0 Å². The molecule has 0 fully saturated rings. The van der Waals surface area contributed by atoms with Crippen molar-refractivity contribution in [3.05, 3.63) is 113 Å². The van der Waals surface area contributed by atoms with Crippen molar-refractivity contribution in [1.82, 2.24) is 0 Å². The van der Waals surface area contributed by atoms with E-state index in [1.807, 2.05) is 6.08 Å². The molecule has 0 aromatic heterocycles. The lowest BCUT2D eigenvalue weighted by atomic mass is 9.80. The summed E-state index contributed by atoms with van der Waals surface area (Å²) in [6.07, 6.45) is 9.61. The maximum absolute atomic E-state index is 3.68. The van der Waals surface area contributed by atoms with Crippen LogP contribution < -0.4 is 5.32 Å². The van der Waals surface area contributed by atoms with Gasteiger partial charge < -0.3 is 5.32 Å². The van der Waals surface area contributed by atoms with Gasteiger partial charge in [0, 0.05) is 28.4 Å². The van der Waals surface area contributed by atoms with Crippen LogP contribution in [0.1, 0.15) is 49.9 Å². The normalized spacial score (nSPS) is 18.2. The van der Waals surface area contributed by atoms with Crippen molar-refractivity contribution in [2.24, 2.45) is 0 Å². The summed E-state index contributed by atoms with van der Waals surface area (Å²) in [6.45, 7) is 9.27. The maximum Gasteiger partial charge on any atom is 0.107 e. The van der Waals surface area contributed by atoms with Crippen LogP contribution in [0.5, 0.6) is 0 Å². The van der Waals surface area contributed by atoms with Gasteiger partial charge in [0.25, 0.3) is 0 Å². The van der Waals surface area contributed by atoms with E-state index in [2.05, 4.69) is 112 Å². The van der Waals surface area contributed by atoms with Crippen LogP contribution in [0.3, 0.4) is 0 Å². The summed E-state index contributed by atoms with van der Waals surface area (Å²) in [4.78, 5) is 0. The van der Waals surface area contributed by atoms with Crippen LogP contribution in [0, 0.1) is 6.08 Å². The molecule has 1 heteroatoms. The minimum absolute atomic E-state index is 0.0122.